The van der Waals surface area contributed by atoms with E-state index in [0.29, 0.717) is 99.9 Å². The molecule has 0 fully saturated rings. The Morgan fingerprint density at radius 1 is 0.677 bits per heavy atom. The van der Waals surface area contributed by atoms with Gasteiger partial charge in [0.2, 0.25) is 20.3 Å². The lowest BCUT2D eigenvalue weighted by Crippen LogP contribution is -2.43. The Labute approximate surface area is 585 Å². The number of hydrogen-bond acceptors (Lipinski definition) is 17. The number of halogens is 2. The molecule has 2 atom stereocenters. The monoisotopic (exact) mass is 1410 g/mol. The summed E-state index contributed by atoms with van der Waals surface area (Å²) in [5.41, 5.74) is 5.47. The maximum atomic E-state index is 14.8. The number of carbonyl (C=O) groups is 1. The number of ether oxygens (including phenoxy) is 7. The maximum Gasteiger partial charge on any atom is 0.345 e. The fourth-order valence-electron chi connectivity index (χ4n) is 11.1. The first-order valence-electron chi connectivity index (χ1n) is 31.7. The number of carboxylic acids is 1. The van der Waals surface area contributed by atoms with Gasteiger partial charge in [-0.05, 0) is 156 Å². The molecule has 22 heteroatoms. The summed E-state index contributed by atoms with van der Waals surface area (Å²) in [7, 11) is -2.05. The summed E-state index contributed by atoms with van der Waals surface area (Å²) in [6.07, 6.45) is -0.0574. The molecule has 1 N–H and O–H groups in total. The number of benzene rings is 8. The molecule has 0 bridgehead atoms. The summed E-state index contributed by atoms with van der Waals surface area (Å²) >= 11 is 8.82. The second-order valence-corrected chi connectivity index (χ2v) is 32.7. The molecule has 0 aliphatic rings. The van der Waals surface area contributed by atoms with E-state index >= 15 is 0 Å². The van der Waals surface area contributed by atoms with Crippen LogP contribution in [0.4, 0.5) is 4.39 Å². The number of aryl methyl sites for hydroxylation is 1. The maximum absolute atomic E-state index is 14.8. The molecular weight excluding hydrogens is 1340 g/mol. The Balaban J connectivity index is 0.976. The van der Waals surface area contributed by atoms with Gasteiger partial charge in [-0.25, -0.2) is 29.1 Å². The van der Waals surface area contributed by atoms with Crippen LogP contribution in [0.3, 0.4) is 0 Å². The Hall–Kier alpha value is -9.74. The standard InChI is InChI=1S/C77H74ClFN4O13S2Si/c1-48-20-35-61(36-21-48)98(86,87)93-46-60(45-92-77(52-16-12-11-13-17-52,53-24-30-57(88-6)31-25-53)54-26-32-58(89-7)33-27-54)94-66-39-37-62(49(2)70(66)78)68-69-73(81-47-82-74(69)97-71(68)50-22-28-55(79)29-23-50)95-67(75(84)85)43-51-42-59(96-99(9,10)76(3,4)5)34-38-64(51)91-44-56-40-41-80-72(83-56)63-18-14-15-19-65(63)90-8/h11-42,47,60,67H,43-46H2,1-10H3,(H,84,85)/t60-,67-/m1/s1. The van der Waals surface area contributed by atoms with Crippen LogP contribution in [0.1, 0.15) is 59.8 Å². The van der Waals surface area contributed by atoms with E-state index in [1.807, 2.05) is 116 Å². The lowest BCUT2D eigenvalue weighted by Gasteiger charge is -2.37. The third-order valence-electron chi connectivity index (χ3n) is 17.4. The quantitative estimate of drug-likeness (QED) is 0.0275. The first kappa shape index (κ1) is 70.6. The molecule has 0 aliphatic carbocycles. The minimum absolute atomic E-state index is 0.0102. The zero-order valence-electron chi connectivity index (χ0n) is 56.2. The number of fused-ring (bicyclic) bond motifs is 1. The Kier molecular flexibility index (Phi) is 21.5. The topological polar surface area (TPSA) is 206 Å². The predicted molar refractivity (Wildman–Crippen MR) is 383 cm³/mol. The third kappa shape index (κ3) is 15.7. The number of thiophene rings is 1. The van der Waals surface area contributed by atoms with Crippen molar-refractivity contribution in [3.8, 4) is 73.3 Å². The molecule has 0 saturated heterocycles. The molecule has 11 aromatic rings. The number of para-hydroxylation sites is 1. The molecule has 510 valence electrons. The molecule has 17 nitrogen and oxygen atoms in total. The van der Waals surface area contributed by atoms with Gasteiger partial charge in [-0.15, -0.1) is 11.3 Å². The normalized spacial score (nSPS) is 12.6. The summed E-state index contributed by atoms with van der Waals surface area (Å²) in [6, 6.07) is 54.8. The molecule has 3 aromatic heterocycles. The number of nitrogens with zero attached hydrogens (tertiary/aromatic N) is 4. The Morgan fingerprint density at radius 3 is 1.96 bits per heavy atom. The second kappa shape index (κ2) is 30.2. The molecule has 99 heavy (non-hydrogen) atoms. The molecule has 3 heterocycles. The van der Waals surface area contributed by atoms with Gasteiger partial charge in [0, 0.05) is 28.6 Å². The van der Waals surface area contributed by atoms with Gasteiger partial charge in [-0.2, -0.15) is 8.42 Å². The van der Waals surface area contributed by atoms with Gasteiger partial charge < -0.3 is 42.7 Å². The van der Waals surface area contributed by atoms with Crippen molar-refractivity contribution in [3.63, 3.8) is 0 Å². The second-order valence-electron chi connectivity index (χ2n) is 25.0. The number of aliphatic carboxylic acids is 1. The van der Waals surface area contributed by atoms with Crippen LogP contribution < -0.4 is 32.8 Å². The van der Waals surface area contributed by atoms with Crippen molar-refractivity contribution in [3.05, 3.63) is 250 Å². The number of rotatable bonds is 28. The van der Waals surface area contributed by atoms with Crippen LogP contribution in [-0.4, -0.2) is 94.5 Å². The van der Waals surface area contributed by atoms with Gasteiger partial charge >= 0.3 is 5.97 Å². The zero-order valence-corrected chi connectivity index (χ0v) is 59.6. The van der Waals surface area contributed by atoms with Gasteiger partial charge in [0.15, 0.2) is 5.82 Å². The fourth-order valence-corrected chi connectivity index (χ4v) is 14.4. The van der Waals surface area contributed by atoms with Gasteiger partial charge in [0.05, 0.1) is 54.5 Å². The van der Waals surface area contributed by atoms with Crippen LogP contribution in [0.5, 0.6) is 40.4 Å². The van der Waals surface area contributed by atoms with Crippen LogP contribution in [0, 0.1) is 19.7 Å². The van der Waals surface area contributed by atoms with Gasteiger partial charge in [-0.1, -0.05) is 135 Å². The van der Waals surface area contributed by atoms with Crippen LogP contribution in [0.2, 0.25) is 23.2 Å². The van der Waals surface area contributed by atoms with E-state index in [1.165, 1.54) is 41.9 Å². The number of methoxy groups -OCH3 is 3. The third-order valence-corrected chi connectivity index (χ3v) is 24.7. The Morgan fingerprint density at radius 2 is 1.31 bits per heavy atom. The van der Waals surface area contributed by atoms with E-state index in [9.17, 15) is 22.7 Å². The number of aromatic nitrogens is 4. The molecule has 0 unspecified atom stereocenters. The summed E-state index contributed by atoms with van der Waals surface area (Å²) < 4.78 is 99.8. The van der Waals surface area contributed by atoms with E-state index in [-0.39, 0.29) is 46.2 Å². The molecular formula is C77H74ClFN4O13S2Si. The largest absolute Gasteiger partial charge is 0.543 e. The minimum atomic E-state index is -4.37. The van der Waals surface area contributed by atoms with Crippen LogP contribution >= 0.6 is 22.9 Å². The fraction of sp³-hybridized carbons (Fsp3) is 0.234. The van der Waals surface area contributed by atoms with E-state index in [1.54, 1.807) is 89.0 Å². The van der Waals surface area contributed by atoms with Crippen molar-refractivity contribution in [2.45, 2.75) is 88.5 Å². The predicted octanol–water partition coefficient (Wildman–Crippen LogP) is 17.1. The zero-order chi connectivity index (χ0) is 70.2. The molecule has 8 aromatic carbocycles. The Bertz CT molecular complexity index is 4730. The van der Waals surface area contributed by atoms with Crippen molar-refractivity contribution in [2.24, 2.45) is 0 Å². The minimum Gasteiger partial charge on any atom is -0.543 e. The average molecular weight is 1410 g/mol. The van der Waals surface area contributed by atoms with Gasteiger partial charge in [-0.3, -0.25) is 4.18 Å². The SMILES string of the molecule is COc1ccc(C(OC[C@H](COS(=O)(=O)c2ccc(C)cc2)Oc2ccc(-c3c(-c4ccc(F)cc4)sc4ncnc(O[C@H](Cc5cc(O[Si](C)(C)C(C)(C)C)ccc5OCc5ccnc(-c6ccccc6OC)n5)C(=O)O)c34)c(C)c2Cl)(c2ccccc2)c2ccc(OC)cc2)cc1. The lowest BCUT2D eigenvalue weighted by molar-refractivity contribution is -0.145. The van der Waals surface area contributed by atoms with Crippen molar-refractivity contribution in [2.75, 3.05) is 34.5 Å². The molecule has 0 spiro atoms. The van der Waals surface area contributed by atoms with E-state index in [4.69, 9.17) is 63.3 Å². The molecule has 0 aliphatic heterocycles. The smallest absolute Gasteiger partial charge is 0.345 e. The highest BCUT2D eigenvalue weighted by atomic mass is 35.5. The molecule has 0 saturated carbocycles. The van der Waals surface area contributed by atoms with Crippen LogP contribution in [0.25, 0.3) is 43.2 Å². The van der Waals surface area contributed by atoms with Crippen molar-refractivity contribution in [1.29, 1.82) is 0 Å². The highest BCUT2D eigenvalue weighted by Gasteiger charge is 2.41. The van der Waals surface area contributed by atoms with Gasteiger partial charge in [0.1, 0.15) is 76.4 Å². The highest BCUT2D eigenvalue weighted by molar-refractivity contribution is 7.86. The first-order valence-corrected chi connectivity index (χ1v) is 37.2. The van der Waals surface area contributed by atoms with Crippen molar-refractivity contribution >= 4 is 57.6 Å². The number of hydrogen-bond donors (Lipinski definition) is 1. The summed E-state index contributed by atoms with van der Waals surface area (Å²) in [6.45, 7) is 13.5. The van der Waals surface area contributed by atoms with Crippen LogP contribution in [-0.2, 0) is 42.5 Å². The van der Waals surface area contributed by atoms with Gasteiger partial charge in [0.25, 0.3) is 10.1 Å². The molecule has 0 amide bonds. The first-order chi connectivity index (χ1) is 47.5. The number of carboxylic acid groups (broad SMARTS) is 1. The summed E-state index contributed by atoms with van der Waals surface area (Å²) in [5.74, 6) is 1.45. The van der Waals surface area contributed by atoms with E-state index in [0.717, 1.165) is 11.1 Å². The van der Waals surface area contributed by atoms with E-state index < -0.39 is 54.6 Å². The summed E-state index contributed by atoms with van der Waals surface area (Å²) in [5, 5.41) is 11.5. The molecule has 0 radical (unpaired) electrons. The van der Waals surface area contributed by atoms with E-state index in [2.05, 4.69) is 43.8 Å². The van der Waals surface area contributed by atoms with Crippen LogP contribution in [0.15, 0.2) is 205 Å². The highest BCUT2D eigenvalue weighted by Crippen LogP contribution is 2.51. The van der Waals surface area contributed by atoms with Crippen molar-refractivity contribution in [1.82, 2.24) is 19.9 Å². The summed E-state index contributed by atoms with van der Waals surface area (Å²) in [4.78, 5) is 33.4. The van der Waals surface area contributed by atoms with Crippen molar-refractivity contribution < 1.29 is 64.5 Å². The lowest BCUT2D eigenvalue weighted by atomic mass is 9.80. The average Bonchev–Trinajstić information content (AvgIpc) is 1.71. The molecule has 11 rings (SSSR count).